The van der Waals surface area contributed by atoms with Crippen molar-refractivity contribution in [3.05, 3.63) is 71.9 Å². The zero-order valence-electron chi connectivity index (χ0n) is 15.9. The van der Waals surface area contributed by atoms with Crippen molar-refractivity contribution in [2.75, 3.05) is 11.1 Å². The standard InChI is InChI=1S/C21H18FN5OS/c1-13-6-7-17(8-14(13)2)27-20-18(10-25-27)21(24-12-23-20)29-11-19(28)26-16-5-3-4-15(22)9-16/h3-10,12H,11H2,1-2H3,(H,26,28). The van der Waals surface area contributed by atoms with Crippen LogP contribution in [0.4, 0.5) is 10.1 Å². The van der Waals surface area contributed by atoms with Gasteiger partial charge in [-0.1, -0.05) is 23.9 Å². The van der Waals surface area contributed by atoms with Gasteiger partial charge in [0.2, 0.25) is 5.91 Å². The SMILES string of the molecule is Cc1ccc(-n2ncc3c(SCC(=O)Nc4cccc(F)c4)ncnc32)cc1C. The Morgan fingerprint density at radius 2 is 2.00 bits per heavy atom. The number of hydrogen-bond donors (Lipinski definition) is 1. The molecule has 6 nitrogen and oxygen atoms in total. The fraction of sp³-hybridized carbons (Fsp3) is 0.143. The number of rotatable bonds is 5. The van der Waals surface area contributed by atoms with E-state index in [1.54, 1.807) is 23.0 Å². The molecule has 146 valence electrons. The molecule has 1 N–H and O–H groups in total. The highest BCUT2D eigenvalue weighted by atomic mass is 32.2. The van der Waals surface area contributed by atoms with Crippen molar-refractivity contribution < 1.29 is 9.18 Å². The Morgan fingerprint density at radius 1 is 1.14 bits per heavy atom. The van der Waals surface area contributed by atoms with E-state index in [4.69, 9.17) is 0 Å². The largest absolute Gasteiger partial charge is 0.325 e. The summed E-state index contributed by atoms with van der Waals surface area (Å²) in [6, 6.07) is 11.9. The molecule has 2 aromatic heterocycles. The number of amides is 1. The van der Waals surface area contributed by atoms with Crippen molar-refractivity contribution in [1.29, 1.82) is 0 Å². The third-order valence-corrected chi connectivity index (χ3v) is 5.52. The number of nitrogens with zero attached hydrogens (tertiary/aromatic N) is 4. The minimum absolute atomic E-state index is 0.136. The van der Waals surface area contributed by atoms with Crippen LogP contribution in [0.3, 0.4) is 0 Å². The van der Waals surface area contributed by atoms with Crippen LogP contribution in [0.15, 0.2) is 60.0 Å². The number of carbonyl (C=O) groups excluding carboxylic acids is 1. The lowest BCUT2D eigenvalue weighted by Crippen LogP contribution is -2.14. The van der Waals surface area contributed by atoms with Crippen LogP contribution in [0.5, 0.6) is 0 Å². The molecule has 0 fully saturated rings. The normalized spacial score (nSPS) is 11.0. The van der Waals surface area contributed by atoms with E-state index in [1.165, 1.54) is 41.3 Å². The van der Waals surface area contributed by atoms with Crippen molar-refractivity contribution in [3.8, 4) is 5.69 Å². The maximum atomic E-state index is 13.2. The van der Waals surface area contributed by atoms with E-state index < -0.39 is 5.82 Å². The Bertz CT molecular complexity index is 1210. The Labute approximate surface area is 171 Å². The monoisotopic (exact) mass is 407 g/mol. The molecule has 0 radical (unpaired) electrons. The van der Waals surface area contributed by atoms with E-state index in [1.807, 2.05) is 12.1 Å². The molecule has 2 aromatic carbocycles. The van der Waals surface area contributed by atoms with Crippen LogP contribution in [0, 0.1) is 19.7 Å². The third kappa shape index (κ3) is 4.12. The van der Waals surface area contributed by atoms with Gasteiger partial charge in [-0.15, -0.1) is 0 Å². The molecule has 0 unspecified atom stereocenters. The van der Waals surface area contributed by atoms with Crippen LogP contribution in [0.2, 0.25) is 0 Å². The molecule has 0 aliphatic heterocycles. The third-order valence-electron chi connectivity index (χ3n) is 4.51. The molecular weight excluding hydrogens is 389 g/mol. The second kappa shape index (κ2) is 8.00. The van der Waals surface area contributed by atoms with Crippen molar-refractivity contribution in [1.82, 2.24) is 19.7 Å². The number of hydrogen-bond acceptors (Lipinski definition) is 5. The first-order valence-corrected chi connectivity index (χ1v) is 9.94. The van der Waals surface area contributed by atoms with Gasteiger partial charge in [-0.25, -0.2) is 19.0 Å². The number of benzene rings is 2. The van der Waals surface area contributed by atoms with Gasteiger partial charge in [0.25, 0.3) is 0 Å². The number of fused-ring (bicyclic) bond motifs is 1. The van der Waals surface area contributed by atoms with Crippen LogP contribution in [-0.2, 0) is 4.79 Å². The van der Waals surface area contributed by atoms with Crippen LogP contribution < -0.4 is 5.32 Å². The molecule has 0 aliphatic rings. The Hall–Kier alpha value is -3.26. The molecule has 0 atom stereocenters. The van der Waals surface area contributed by atoms with Gasteiger partial charge in [0.05, 0.1) is 23.0 Å². The Balaban J connectivity index is 1.53. The lowest BCUT2D eigenvalue weighted by Gasteiger charge is -2.07. The fourth-order valence-corrected chi connectivity index (χ4v) is 3.64. The Morgan fingerprint density at radius 3 is 2.79 bits per heavy atom. The lowest BCUT2D eigenvalue weighted by atomic mass is 10.1. The molecule has 4 aromatic rings. The molecule has 0 bridgehead atoms. The zero-order valence-corrected chi connectivity index (χ0v) is 16.7. The average molecular weight is 407 g/mol. The van der Waals surface area contributed by atoms with Crippen LogP contribution >= 0.6 is 11.8 Å². The van der Waals surface area contributed by atoms with Gasteiger partial charge in [0, 0.05) is 5.69 Å². The molecule has 1 amide bonds. The summed E-state index contributed by atoms with van der Waals surface area (Å²) in [7, 11) is 0. The van der Waals surface area contributed by atoms with E-state index in [-0.39, 0.29) is 11.7 Å². The summed E-state index contributed by atoms with van der Waals surface area (Å²) in [5.74, 6) is -0.502. The summed E-state index contributed by atoms with van der Waals surface area (Å²) in [4.78, 5) is 20.9. The molecule has 0 saturated heterocycles. The molecule has 29 heavy (non-hydrogen) atoms. The van der Waals surface area contributed by atoms with Crippen molar-refractivity contribution >= 4 is 34.4 Å². The minimum atomic E-state index is -0.397. The average Bonchev–Trinajstić information content (AvgIpc) is 3.13. The second-order valence-corrected chi connectivity index (χ2v) is 7.55. The summed E-state index contributed by atoms with van der Waals surface area (Å²) in [6.45, 7) is 4.12. The number of aromatic nitrogens is 4. The smallest absolute Gasteiger partial charge is 0.234 e. The summed E-state index contributed by atoms with van der Waals surface area (Å²) >= 11 is 1.29. The fourth-order valence-electron chi connectivity index (χ4n) is 2.88. The molecule has 4 rings (SSSR count). The first-order chi connectivity index (χ1) is 14.0. The summed E-state index contributed by atoms with van der Waals surface area (Å²) in [5.41, 5.74) is 4.40. The molecule has 0 saturated carbocycles. The van der Waals surface area contributed by atoms with Crippen molar-refractivity contribution in [2.45, 2.75) is 18.9 Å². The van der Waals surface area contributed by atoms with Crippen LogP contribution in [0.1, 0.15) is 11.1 Å². The van der Waals surface area contributed by atoms with Gasteiger partial charge in [0.1, 0.15) is 17.2 Å². The number of nitrogens with one attached hydrogen (secondary N) is 1. The quantitative estimate of drug-likeness (QED) is 0.394. The summed E-state index contributed by atoms with van der Waals surface area (Å²) in [6.07, 6.45) is 3.17. The van der Waals surface area contributed by atoms with Gasteiger partial charge in [-0.05, 0) is 55.3 Å². The van der Waals surface area contributed by atoms with E-state index in [0.717, 1.165) is 11.1 Å². The highest BCUT2D eigenvalue weighted by Gasteiger charge is 2.13. The molecule has 0 spiro atoms. The van der Waals surface area contributed by atoms with Gasteiger partial charge in [-0.3, -0.25) is 4.79 Å². The maximum absolute atomic E-state index is 13.2. The first-order valence-electron chi connectivity index (χ1n) is 8.96. The number of aryl methyl sites for hydroxylation is 2. The molecule has 0 aliphatic carbocycles. The molecule has 2 heterocycles. The molecular formula is C21H18FN5OS. The van der Waals surface area contributed by atoms with Gasteiger partial charge >= 0.3 is 0 Å². The highest BCUT2D eigenvalue weighted by molar-refractivity contribution is 8.00. The van der Waals surface area contributed by atoms with E-state index in [9.17, 15) is 9.18 Å². The van der Waals surface area contributed by atoms with Gasteiger partial charge in [0.15, 0.2) is 5.65 Å². The topological polar surface area (TPSA) is 72.7 Å². The number of anilines is 1. The first kappa shape index (κ1) is 19.1. The highest BCUT2D eigenvalue weighted by Crippen LogP contribution is 2.26. The van der Waals surface area contributed by atoms with E-state index in [0.29, 0.717) is 16.4 Å². The zero-order chi connectivity index (χ0) is 20.4. The number of halogens is 1. The number of carbonyl (C=O) groups is 1. The predicted molar refractivity (Wildman–Crippen MR) is 112 cm³/mol. The van der Waals surface area contributed by atoms with Gasteiger partial charge in [-0.2, -0.15) is 5.10 Å². The van der Waals surface area contributed by atoms with Crippen LogP contribution in [-0.4, -0.2) is 31.4 Å². The van der Waals surface area contributed by atoms with Crippen LogP contribution in [0.25, 0.3) is 16.7 Å². The Kier molecular flexibility index (Phi) is 5.26. The summed E-state index contributed by atoms with van der Waals surface area (Å²) in [5, 5.41) is 8.58. The van der Waals surface area contributed by atoms with Gasteiger partial charge < -0.3 is 5.32 Å². The summed E-state index contributed by atoms with van der Waals surface area (Å²) < 4.78 is 15.0. The molecule has 8 heteroatoms. The maximum Gasteiger partial charge on any atom is 0.234 e. The van der Waals surface area contributed by atoms with Crippen molar-refractivity contribution in [3.63, 3.8) is 0 Å². The minimum Gasteiger partial charge on any atom is -0.325 e. The predicted octanol–water partition coefficient (Wildman–Crippen LogP) is 4.30. The van der Waals surface area contributed by atoms with Crippen molar-refractivity contribution in [2.24, 2.45) is 0 Å². The van der Waals surface area contributed by atoms with E-state index >= 15 is 0 Å². The van der Waals surface area contributed by atoms with E-state index in [2.05, 4.69) is 40.3 Å². The lowest BCUT2D eigenvalue weighted by molar-refractivity contribution is -0.113. The second-order valence-electron chi connectivity index (χ2n) is 6.59. The number of thioether (sulfide) groups is 1.